The van der Waals surface area contributed by atoms with E-state index in [1.54, 1.807) is 18.2 Å². The number of amides is 1. The molecule has 15 heteroatoms. The second-order valence-corrected chi connectivity index (χ2v) is 8.87. The number of nitrogens with zero attached hydrogens (tertiary/aromatic N) is 7. The predicted molar refractivity (Wildman–Crippen MR) is 127 cm³/mol. The number of nitrogens with one attached hydrogen (secondary N) is 1. The van der Waals surface area contributed by atoms with Crippen LogP contribution in [0.5, 0.6) is 5.88 Å². The molecule has 202 valence electrons. The fraction of sp³-hybridized carbons (Fsp3) is 0.435. The summed E-state index contributed by atoms with van der Waals surface area (Å²) in [5.74, 6) is -5.04. The largest absolute Gasteiger partial charge is 0.479 e. The number of likely N-dealkylation sites (tertiary alicyclic amines) is 1. The van der Waals surface area contributed by atoms with Crippen LogP contribution >= 0.6 is 0 Å². The monoisotopic (exact) mass is 536 g/mol. The molecule has 11 nitrogen and oxygen atoms in total. The van der Waals surface area contributed by atoms with E-state index in [4.69, 9.17) is 9.84 Å². The number of aromatic nitrogens is 6. The van der Waals surface area contributed by atoms with Crippen LogP contribution in [0.1, 0.15) is 12.8 Å². The number of fused-ring (bicyclic) bond motifs is 2. The van der Waals surface area contributed by atoms with Gasteiger partial charge in [-0.25, -0.2) is 22.4 Å². The first-order valence-corrected chi connectivity index (χ1v) is 11.8. The predicted octanol–water partition coefficient (Wildman–Crippen LogP) is 2.29. The number of benzene rings is 1. The highest BCUT2D eigenvalue weighted by atomic mass is 19.3. The number of aryl methyl sites for hydroxylation is 1. The molecule has 1 amide bonds. The fourth-order valence-electron chi connectivity index (χ4n) is 4.58. The number of methoxy groups -OCH3 is 1. The van der Waals surface area contributed by atoms with E-state index >= 15 is 4.39 Å². The average Bonchev–Trinajstić information content (AvgIpc) is 3.46. The Balaban J connectivity index is 1.49. The minimum atomic E-state index is -3.34. The second-order valence-electron chi connectivity index (χ2n) is 8.87. The van der Waals surface area contributed by atoms with E-state index in [0.717, 1.165) is 15.6 Å². The van der Waals surface area contributed by atoms with E-state index in [-0.39, 0.29) is 42.3 Å². The summed E-state index contributed by atoms with van der Waals surface area (Å²) >= 11 is 0. The van der Waals surface area contributed by atoms with Crippen molar-refractivity contribution in [1.82, 2.24) is 34.5 Å². The van der Waals surface area contributed by atoms with Gasteiger partial charge in [-0.1, -0.05) is 11.3 Å². The molecule has 1 aliphatic rings. The van der Waals surface area contributed by atoms with Crippen LogP contribution in [0, 0.1) is 5.82 Å². The Kier molecular flexibility index (Phi) is 6.77. The highest BCUT2D eigenvalue weighted by molar-refractivity contribution is 5.89. The molecule has 3 aromatic heterocycles. The number of anilines is 1. The molecule has 1 aliphatic heterocycles. The van der Waals surface area contributed by atoms with E-state index in [0.29, 0.717) is 23.1 Å². The van der Waals surface area contributed by atoms with Crippen LogP contribution in [-0.4, -0.2) is 91.0 Å². The molecule has 0 bridgehead atoms. The van der Waals surface area contributed by atoms with Crippen molar-refractivity contribution in [2.45, 2.75) is 31.4 Å². The van der Waals surface area contributed by atoms with Crippen molar-refractivity contribution in [1.29, 1.82) is 0 Å². The van der Waals surface area contributed by atoms with Crippen molar-refractivity contribution in [3.05, 3.63) is 30.2 Å². The molecular formula is C23H24F4N8O3. The van der Waals surface area contributed by atoms with Crippen molar-refractivity contribution in [3.63, 3.8) is 0 Å². The quantitative estimate of drug-likeness (QED) is 0.329. The maximum atomic E-state index is 15.3. The Bertz CT molecular complexity index is 1490. The molecule has 1 aromatic carbocycles. The van der Waals surface area contributed by atoms with E-state index in [9.17, 15) is 18.0 Å². The molecule has 0 unspecified atom stereocenters. The smallest absolute Gasteiger partial charge is 0.285 e. The number of hydrogen-bond donors (Lipinski definition) is 2. The summed E-state index contributed by atoms with van der Waals surface area (Å²) in [4.78, 5) is 16.7. The number of piperidine rings is 1. The van der Waals surface area contributed by atoms with E-state index < -0.39 is 43.5 Å². The number of carbonyl (C=O) groups is 1. The van der Waals surface area contributed by atoms with E-state index in [2.05, 4.69) is 25.7 Å². The number of carbonyl (C=O) groups excluding carboxylic acids is 1. The molecule has 0 aliphatic carbocycles. The SMILES string of the molecule is COc1nc(N[C@@H]2CCN(C(=O)CO)CC2(F)F)nn2cc(F)c(-c3ccc4nnn(CCCF)c4c3)c12. The second kappa shape index (κ2) is 10.0. The van der Waals surface area contributed by atoms with Gasteiger partial charge < -0.3 is 20.1 Å². The van der Waals surface area contributed by atoms with Crippen LogP contribution in [0.3, 0.4) is 0 Å². The summed E-state index contributed by atoms with van der Waals surface area (Å²) in [5, 5.41) is 23.8. The molecule has 38 heavy (non-hydrogen) atoms. The van der Waals surface area contributed by atoms with Crippen molar-refractivity contribution >= 4 is 28.4 Å². The highest BCUT2D eigenvalue weighted by Crippen LogP contribution is 2.36. The first kappa shape index (κ1) is 25.6. The molecule has 0 radical (unpaired) electrons. The molecule has 2 N–H and O–H groups in total. The normalized spacial score (nSPS) is 17.3. The molecule has 4 heterocycles. The van der Waals surface area contributed by atoms with Gasteiger partial charge in [0.1, 0.15) is 17.6 Å². The van der Waals surface area contributed by atoms with Crippen LogP contribution in [0.25, 0.3) is 27.7 Å². The number of rotatable bonds is 8. The van der Waals surface area contributed by atoms with Gasteiger partial charge in [-0.3, -0.25) is 9.18 Å². The summed E-state index contributed by atoms with van der Waals surface area (Å²) in [6.07, 6.45) is 1.21. The number of halogens is 4. The van der Waals surface area contributed by atoms with Gasteiger partial charge in [0.25, 0.3) is 5.92 Å². The van der Waals surface area contributed by atoms with Gasteiger partial charge in [0.2, 0.25) is 17.7 Å². The lowest BCUT2D eigenvalue weighted by atomic mass is 10.0. The summed E-state index contributed by atoms with van der Waals surface area (Å²) in [5.41, 5.74) is 1.87. The number of aliphatic hydroxyl groups excluding tert-OH is 1. The van der Waals surface area contributed by atoms with Gasteiger partial charge in [0.15, 0.2) is 5.82 Å². The third-order valence-electron chi connectivity index (χ3n) is 6.44. The molecule has 4 aromatic rings. The fourth-order valence-corrected chi connectivity index (χ4v) is 4.58. The molecule has 1 fully saturated rings. The molecule has 0 saturated carbocycles. The summed E-state index contributed by atoms with van der Waals surface area (Å²) in [6.45, 7) is -1.93. The third kappa shape index (κ3) is 4.57. The molecular weight excluding hydrogens is 512 g/mol. The lowest BCUT2D eigenvalue weighted by Crippen LogP contribution is -2.56. The number of alkyl halides is 3. The average molecular weight is 536 g/mol. The lowest BCUT2D eigenvalue weighted by molar-refractivity contribution is -0.145. The molecule has 1 saturated heterocycles. The Morgan fingerprint density at radius 3 is 2.87 bits per heavy atom. The maximum Gasteiger partial charge on any atom is 0.285 e. The van der Waals surface area contributed by atoms with Gasteiger partial charge >= 0.3 is 0 Å². The summed E-state index contributed by atoms with van der Waals surface area (Å²) in [6, 6.07) is 3.56. The van der Waals surface area contributed by atoms with E-state index in [1.165, 1.54) is 11.8 Å². The van der Waals surface area contributed by atoms with Gasteiger partial charge in [-0.15, -0.1) is 10.2 Å². The Morgan fingerprint density at radius 2 is 2.16 bits per heavy atom. The zero-order chi connectivity index (χ0) is 27.0. The number of aliphatic hydroxyl groups is 1. The Labute approximate surface area is 213 Å². The van der Waals surface area contributed by atoms with Gasteiger partial charge in [0.05, 0.1) is 43.6 Å². The molecule has 1 atom stereocenters. The van der Waals surface area contributed by atoms with Crippen LogP contribution in [0.15, 0.2) is 24.4 Å². The first-order chi connectivity index (χ1) is 18.2. The topological polar surface area (TPSA) is 123 Å². The van der Waals surface area contributed by atoms with Crippen LogP contribution < -0.4 is 10.1 Å². The van der Waals surface area contributed by atoms with Gasteiger partial charge in [-0.05, 0) is 30.5 Å². The van der Waals surface area contributed by atoms with Crippen LogP contribution in [0.2, 0.25) is 0 Å². The first-order valence-electron chi connectivity index (χ1n) is 11.8. The Hall–Kier alpha value is -4.01. The third-order valence-corrected chi connectivity index (χ3v) is 6.44. The zero-order valence-electron chi connectivity index (χ0n) is 20.2. The maximum absolute atomic E-state index is 15.3. The van der Waals surface area contributed by atoms with Crippen molar-refractivity contribution in [2.24, 2.45) is 0 Å². The van der Waals surface area contributed by atoms with Crippen LogP contribution in [0.4, 0.5) is 23.5 Å². The number of ether oxygens (including phenoxy) is 1. The number of hydrogen-bond acceptors (Lipinski definition) is 8. The lowest BCUT2D eigenvalue weighted by Gasteiger charge is -2.38. The Morgan fingerprint density at radius 1 is 1.34 bits per heavy atom. The van der Waals surface area contributed by atoms with E-state index in [1.807, 2.05) is 0 Å². The standard InChI is InChI=1S/C23H24F4N8O3/c1-38-21-20-19(13-3-4-15-16(9-13)34(32-30-15)7-2-6-24)14(25)10-35(20)31-22(29-21)28-17-5-8-33(18(37)11-36)12-23(17,26)27/h3-4,9-10,17,36H,2,5-8,11-12H2,1H3,(H,28,31)/t17-/m1/s1. The van der Waals surface area contributed by atoms with Crippen molar-refractivity contribution in [3.8, 4) is 17.0 Å². The minimum absolute atomic E-state index is 0.00751. The molecule has 5 rings (SSSR count). The van der Waals surface area contributed by atoms with Gasteiger partial charge in [-0.2, -0.15) is 4.98 Å². The summed E-state index contributed by atoms with van der Waals surface area (Å²) < 4.78 is 65.6. The van der Waals surface area contributed by atoms with Gasteiger partial charge in [0, 0.05) is 13.1 Å². The summed E-state index contributed by atoms with van der Waals surface area (Å²) in [7, 11) is 1.31. The van der Waals surface area contributed by atoms with Crippen LogP contribution in [-0.2, 0) is 11.3 Å². The zero-order valence-corrected chi connectivity index (χ0v) is 20.2. The van der Waals surface area contributed by atoms with Crippen molar-refractivity contribution in [2.75, 3.05) is 38.8 Å². The molecule has 0 spiro atoms. The highest BCUT2D eigenvalue weighted by Gasteiger charge is 2.46. The van der Waals surface area contributed by atoms with Crippen molar-refractivity contribution < 1.29 is 32.2 Å². The minimum Gasteiger partial charge on any atom is -0.479 e.